The smallest absolute Gasteiger partial charge is 0.259 e. The summed E-state index contributed by atoms with van der Waals surface area (Å²) in [6.07, 6.45) is 1.84. The van der Waals surface area contributed by atoms with E-state index < -0.39 is 0 Å². The number of hydrogen-bond acceptors (Lipinski definition) is 3. The lowest BCUT2D eigenvalue weighted by Crippen LogP contribution is -2.13. The zero-order valence-electron chi connectivity index (χ0n) is 15.8. The van der Waals surface area contributed by atoms with E-state index in [1.807, 2.05) is 78.6 Å². The summed E-state index contributed by atoms with van der Waals surface area (Å²) < 4.78 is 1.84. The van der Waals surface area contributed by atoms with Gasteiger partial charge in [-0.3, -0.25) is 9.48 Å². The first-order valence-electron chi connectivity index (χ1n) is 9.14. The van der Waals surface area contributed by atoms with Crippen molar-refractivity contribution in [2.45, 2.75) is 20.4 Å². The van der Waals surface area contributed by atoms with Crippen molar-refractivity contribution < 1.29 is 4.79 Å². The quantitative estimate of drug-likeness (QED) is 0.489. The maximum Gasteiger partial charge on any atom is 0.259 e. The first kappa shape index (κ1) is 18.2. The Balaban J connectivity index is 1.68. The summed E-state index contributed by atoms with van der Waals surface area (Å²) in [7, 11) is 0. The molecule has 0 aliphatic heterocycles. The lowest BCUT2D eigenvalue weighted by molar-refractivity contribution is 0.102. The Morgan fingerprint density at radius 2 is 1.86 bits per heavy atom. The van der Waals surface area contributed by atoms with Gasteiger partial charge in [-0.05, 0) is 48.1 Å². The van der Waals surface area contributed by atoms with Gasteiger partial charge in [0.25, 0.3) is 5.91 Å². The molecule has 0 radical (unpaired) electrons. The van der Waals surface area contributed by atoms with E-state index in [-0.39, 0.29) is 5.91 Å². The van der Waals surface area contributed by atoms with E-state index in [1.54, 1.807) is 11.3 Å². The van der Waals surface area contributed by atoms with Gasteiger partial charge in [-0.25, -0.2) is 0 Å². The van der Waals surface area contributed by atoms with Crippen molar-refractivity contribution in [1.82, 2.24) is 9.78 Å². The number of nitrogens with zero attached hydrogens (tertiary/aromatic N) is 2. The summed E-state index contributed by atoms with van der Waals surface area (Å²) in [5.74, 6) is -0.142. The van der Waals surface area contributed by atoms with Crippen molar-refractivity contribution in [1.29, 1.82) is 0 Å². The van der Waals surface area contributed by atoms with Crippen LogP contribution >= 0.6 is 11.3 Å². The van der Waals surface area contributed by atoms with Gasteiger partial charge in [-0.2, -0.15) is 5.10 Å². The molecule has 28 heavy (non-hydrogen) atoms. The monoisotopic (exact) mass is 387 g/mol. The summed E-state index contributed by atoms with van der Waals surface area (Å²) in [6.45, 7) is 4.68. The number of carbonyl (C=O) groups is 1. The number of aryl methyl sites for hydroxylation is 1. The van der Waals surface area contributed by atoms with Crippen LogP contribution in [0.25, 0.3) is 10.6 Å². The number of thiophene rings is 1. The van der Waals surface area contributed by atoms with E-state index in [0.29, 0.717) is 17.8 Å². The van der Waals surface area contributed by atoms with Crippen LogP contribution in [0.15, 0.2) is 72.2 Å². The minimum absolute atomic E-state index is 0.142. The third kappa shape index (κ3) is 3.75. The van der Waals surface area contributed by atoms with Crippen molar-refractivity contribution in [3.63, 3.8) is 0 Å². The Labute approximate surface area is 168 Å². The summed E-state index contributed by atoms with van der Waals surface area (Å²) in [6, 6.07) is 20.0. The number of anilines is 1. The zero-order valence-corrected chi connectivity index (χ0v) is 16.7. The Morgan fingerprint density at radius 1 is 1.04 bits per heavy atom. The fraction of sp³-hybridized carbons (Fsp3) is 0.130. The molecule has 4 rings (SSSR count). The molecule has 5 heteroatoms. The van der Waals surface area contributed by atoms with Crippen molar-refractivity contribution in [2.24, 2.45) is 0 Å². The SMILES string of the molecule is Cc1cccc(NC(=O)c2cn(Cc3ccccc3)nc2-c2cccs2)c1C. The predicted octanol–water partition coefficient (Wildman–Crippen LogP) is 5.53. The zero-order chi connectivity index (χ0) is 19.5. The van der Waals surface area contributed by atoms with Crippen LogP contribution in [0.4, 0.5) is 5.69 Å². The first-order chi connectivity index (χ1) is 13.6. The Bertz CT molecular complexity index is 1100. The summed E-state index contributed by atoms with van der Waals surface area (Å²) in [5.41, 5.74) is 5.50. The molecule has 140 valence electrons. The van der Waals surface area contributed by atoms with Crippen LogP contribution in [-0.4, -0.2) is 15.7 Å². The number of rotatable bonds is 5. The molecule has 0 atom stereocenters. The highest BCUT2D eigenvalue weighted by Crippen LogP contribution is 2.28. The third-order valence-electron chi connectivity index (χ3n) is 4.80. The van der Waals surface area contributed by atoms with Gasteiger partial charge >= 0.3 is 0 Å². The molecular weight excluding hydrogens is 366 g/mol. The number of amides is 1. The first-order valence-corrected chi connectivity index (χ1v) is 10.0. The van der Waals surface area contributed by atoms with E-state index in [2.05, 4.69) is 17.4 Å². The number of hydrogen-bond donors (Lipinski definition) is 1. The van der Waals surface area contributed by atoms with Gasteiger partial charge in [0.15, 0.2) is 0 Å². The Kier molecular flexibility index (Phi) is 5.08. The molecule has 2 heterocycles. The molecule has 1 amide bonds. The molecule has 0 saturated carbocycles. The molecule has 0 unspecified atom stereocenters. The molecule has 2 aromatic carbocycles. The van der Waals surface area contributed by atoms with Crippen molar-refractivity contribution in [2.75, 3.05) is 5.32 Å². The second-order valence-corrected chi connectivity index (χ2v) is 7.70. The summed E-state index contributed by atoms with van der Waals surface area (Å²) in [5, 5.41) is 9.77. The highest BCUT2D eigenvalue weighted by Gasteiger charge is 2.19. The van der Waals surface area contributed by atoms with E-state index in [9.17, 15) is 4.79 Å². The van der Waals surface area contributed by atoms with Gasteiger partial charge in [0.2, 0.25) is 0 Å². The van der Waals surface area contributed by atoms with Crippen LogP contribution in [-0.2, 0) is 6.54 Å². The lowest BCUT2D eigenvalue weighted by atomic mass is 10.1. The van der Waals surface area contributed by atoms with E-state index in [4.69, 9.17) is 5.10 Å². The van der Waals surface area contributed by atoms with E-state index in [1.165, 1.54) is 0 Å². The highest BCUT2D eigenvalue weighted by atomic mass is 32.1. The predicted molar refractivity (Wildman–Crippen MR) is 115 cm³/mol. The van der Waals surface area contributed by atoms with Gasteiger partial charge in [-0.1, -0.05) is 48.5 Å². The maximum atomic E-state index is 13.1. The molecule has 0 bridgehead atoms. The molecule has 1 N–H and O–H groups in total. The van der Waals surface area contributed by atoms with Crippen LogP contribution in [0.5, 0.6) is 0 Å². The normalized spacial score (nSPS) is 10.8. The minimum Gasteiger partial charge on any atom is -0.322 e. The molecule has 2 aromatic heterocycles. The average molecular weight is 388 g/mol. The van der Waals surface area contributed by atoms with E-state index >= 15 is 0 Å². The molecule has 0 aliphatic carbocycles. The highest BCUT2D eigenvalue weighted by molar-refractivity contribution is 7.13. The van der Waals surface area contributed by atoms with E-state index in [0.717, 1.165) is 27.3 Å². The third-order valence-corrected chi connectivity index (χ3v) is 5.68. The second kappa shape index (κ2) is 7.82. The van der Waals surface area contributed by atoms with Gasteiger partial charge in [0.1, 0.15) is 5.69 Å². The molecule has 0 spiro atoms. The Morgan fingerprint density at radius 3 is 2.61 bits per heavy atom. The van der Waals surface area contributed by atoms with Crippen LogP contribution < -0.4 is 5.32 Å². The number of aromatic nitrogens is 2. The molecule has 4 aromatic rings. The maximum absolute atomic E-state index is 13.1. The number of nitrogens with one attached hydrogen (secondary N) is 1. The minimum atomic E-state index is -0.142. The molecular formula is C23H21N3OS. The van der Waals surface area contributed by atoms with Crippen LogP contribution in [0.3, 0.4) is 0 Å². The molecule has 0 saturated heterocycles. The van der Waals surface area contributed by atoms with Gasteiger partial charge in [0.05, 0.1) is 17.0 Å². The number of carbonyl (C=O) groups excluding carboxylic acids is 1. The van der Waals surface area contributed by atoms with Gasteiger partial charge < -0.3 is 5.32 Å². The second-order valence-electron chi connectivity index (χ2n) is 6.75. The van der Waals surface area contributed by atoms with Crippen LogP contribution in [0.2, 0.25) is 0 Å². The average Bonchev–Trinajstić information content (AvgIpc) is 3.36. The summed E-state index contributed by atoms with van der Waals surface area (Å²) in [4.78, 5) is 14.1. The van der Waals surface area contributed by atoms with Gasteiger partial charge in [-0.15, -0.1) is 11.3 Å². The number of benzene rings is 2. The fourth-order valence-electron chi connectivity index (χ4n) is 3.11. The largest absolute Gasteiger partial charge is 0.322 e. The van der Waals surface area contributed by atoms with Gasteiger partial charge in [0, 0.05) is 11.9 Å². The van der Waals surface area contributed by atoms with Crippen LogP contribution in [0, 0.1) is 13.8 Å². The lowest BCUT2D eigenvalue weighted by Gasteiger charge is -2.10. The topological polar surface area (TPSA) is 46.9 Å². The van der Waals surface area contributed by atoms with Crippen LogP contribution in [0.1, 0.15) is 27.0 Å². The Hall–Kier alpha value is -3.18. The fourth-order valence-corrected chi connectivity index (χ4v) is 3.83. The van der Waals surface area contributed by atoms with Crippen molar-refractivity contribution >= 4 is 22.9 Å². The summed E-state index contributed by atoms with van der Waals surface area (Å²) >= 11 is 1.58. The molecule has 0 fully saturated rings. The van der Waals surface area contributed by atoms with Crippen molar-refractivity contribution in [3.05, 3.63) is 94.5 Å². The molecule has 4 nitrogen and oxygen atoms in total. The van der Waals surface area contributed by atoms with Crippen molar-refractivity contribution in [3.8, 4) is 10.6 Å². The molecule has 0 aliphatic rings. The standard InChI is InChI=1S/C23H21N3OS/c1-16-8-6-11-20(17(16)2)24-23(27)19-15-26(14-18-9-4-3-5-10-18)25-22(19)21-12-7-13-28-21/h3-13,15H,14H2,1-2H3,(H,24,27).